The fourth-order valence-corrected chi connectivity index (χ4v) is 8.66. The Morgan fingerprint density at radius 1 is 0.774 bits per heavy atom. The summed E-state index contributed by atoms with van der Waals surface area (Å²) in [5, 5.41) is 10.3. The molecule has 53 heavy (non-hydrogen) atoms. The van der Waals surface area contributed by atoms with Crippen molar-refractivity contribution in [3.05, 3.63) is 87.7 Å². The zero-order valence-corrected chi connectivity index (χ0v) is 34.0. The first kappa shape index (κ1) is 39.8. The van der Waals surface area contributed by atoms with Crippen LogP contribution >= 0.6 is 0 Å². The lowest BCUT2D eigenvalue weighted by Gasteiger charge is -2.27. The Morgan fingerprint density at radius 2 is 1.45 bits per heavy atom. The maximum Gasteiger partial charge on any atom is 0.336 e. The van der Waals surface area contributed by atoms with Crippen molar-refractivity contribution in [2.24, 2.45) is 4.99 Å². The van der Waals surface area contributed by atoms with Gasteiger partial charge in [0, 0.05) is 82.6 Å². The number of fused-ring (bicyclic) bond motifs is 4. The average Bonchev–Trinajstić information content (AvgIpc) is 3.56. The van der Waals surface area contributed by atoms with E-state index in [1.165, 1.54) is 0 Å². The van der Waals surface area contributed by atoms with Crippen LogP contribution in [0.25, 0.3) is 0 Å². The van der Waals surface area contributed by atoms with Gasteiger partial charge in [0.1, 0.15) is 6.54 Å². The Labute approximate surface area is 317 Å². The van der Waals surface area contributed by atoms with E-state index in [2.05, 4.69) is 95.2 Å². The largest absolute Gasteiger partial charge is 0.478 e. The van der Waals surface area contributed by atoms with Gasteiger partial charge in [-0.15, -0.1) is 0 Å². The number of anilines is 1. The average molecular weight is 719 g/mol. The van der Waals surface area contributed by atoms with E-state index in [1.807, 2.05) is 39.0 Å². The van der Waals surface area contributed by atoms with Crippen molar-refractivity contribution in [2.75, 3.05) is 18.0 Å². The number of ketones is 2. The first-order valence-corrected chi connectivity index (χ1v) is 19.7. The van der Waals surface area contributed by atoms with Crippen molar-refractivity contribution in [1.82, 2.24) is 0 Å². The summed E-state index contributed by atoms with van der Waals surface area (Å²) in [6.45, 7) is 24.8. The smallest absolute Gasteiger partial charge is 0.336 e. The topological polar surface area (TPSA) is 90.0 Å². The van der Waals surface area contributed by atoms with E-state index in [9.17, 15) is 19.5 Å². The van der Waals surface area contributed by atoms with Crippen molar-refractivity contribution in [3.8, 4) is 0 Å². The highest BCUT2D eigenvalue weighted by atomic mass is 16.4. The molecule has 0 saturated heterocycles. The molecule has 282 valence electrons. The van der Waals surface area contributed by atoms with Gasteiger partial charge in [-0.3, -0.25) is 14.6 Å². The first-order valence-electron chi connectivity index (χ1n) is 19.7. The number of carbonyl (C=O) groups is 3. The van der Waals surface area contributed by atoms with Crippen LogP contribution in [-0.4, -0.2) is 51.7 Å². The Kier molecular flexibility index (Phi) is 11.4. The molecule has 0 atom stereocenters. The van der Waals surface area contributed by atoms with Gasteiger partial charge in [-0.2, -0.15) is 4.58 Å². The van der Waals surface area contributed by atoms with Crippen molar-refractivity contribution < 1.29 is 24.1 Å². The number of aromatic carboxylic acids is 1. The number of hydrogen-bond acceptors (Lipinski definition) is 5. The molecule has 0 fully saturated rings. The molecule has 0 aliphatic carbocycles. The SMILES string of the molecule is CCCCN1C(=CC=CC=CC2=[N+](CCC)c3cc(C(=O)O)c4c(c3C2(C)C)N=C(C)C4(C)C)C(C)(C)c2c(C(=O)CCC)cc(C(=O)CCC)cc21. The lowest BCUT2D eigenvalue weighted by Crippen LogP contribution is -2.28. The summed E-state index contributed by atoms with van der Waals surface area (Å²) in [4.78, 5) is 46.8. The standard InChI is InChI=1S/C46H59N3O4/c1-12-16-25-49-33-27-30(35(50)20-13-2)26-31(36(51)21-14-3)39(33)45(8,9)37(49)22-18-17-19-23-38-46(10,11)41-34(48(38)24-15-4)28-32(43(52)53)40-42(41)47-29(5)44(40,6)7/h17-19,22-23,26-28H,12-16,20-21,24-25H2,1-11H3/p+1. The molecule has 0 unspecified atom stereocenters. The van der Waals surface area contributed by atoms with Crippen LogP contribution in [0.3, 0.4) is 0 Å². The Hall–Kier alpha value is -4.39. The van der Waals surface area contributed by atoms with Crippen molar-refractivity contribution >= 4 is 46.0 Å². The lowest BCUT2D eigenvalue weighted by molar-refractivity contribution is -0.437. The number of benzene rings is 2. The third-order valence-electron chi connectivity index (χ3n) is 11.6. The van der Waals surface area contributed by atoms with Gasteiger partial charge in [-0.25, -0.2) is 4.79 Å². The second kappa shape index (κ2) is 15.2. The molecule has 0 saturated carbocycles. The van der Waals surface area contributed by atoms with Gasteiger partial charge in [-0.1, -0.05) is 80.0 Å². The fourth-order valence-electron chi connectivity index (χ4n) is 8.66. The molecule has 1 N–H and O–H groups in total. The molecule has 0 bridgehead atoms. The van der Waals surface area contributed by atoms with Crippen LogP contribution in [0.15, 0.2) is 59.3 Å². The molecule has 0 amide bonds. The number of nitrogens with zero attached hydrogens (tertiary/aromatic N) is 3. The third-order valence-corrected chi connectivity index (χ3v) is 11.6. The van der Waals surface area contributed by atoms with Crippen LogP contribution < -0.4 is 4.90 Å². The Balaban J connectivity index is 1.57. The monoisotopic (exact) mass is 718 g/mol. The number of unbranched alkanes of at least 4 members (excludes halogenated alkanes) is 1. The van der Waals surface area contributed by atoms with E-state index in [0.717, 1.165) is 96.1 Å². The predicted octanol–water partition coefficient (Wildman–Crippen LogP) is 11.1. The second-order valence-electron chi connectivity index (χ2n) is 16.5. The molecule has 0 spiro atoms. The van der Waals surface area contributed by atoms with E-state index in [-0.39, 0.29) is 11.6 Å². The van der Waals surface area contributed by atoms with Gasteiger partial charge in [0.05, 0.1) is 22.2 Å². The number of carboxylic acids is 1. The second-order valence-corrected chi connectivity index (χ2v) is 16.5. The molecular formula is C46H60N3O4+. The Bertz CT molecular complexity index is 2000. The van der Waals surface area contributed by atoms with E-state index in [1.54, 1.807) is 0 Å². The highest BCUT2D eigenvalue weighted by molar-refractivity contribution is 6.11. The van der Waals surface area contributed by atoms with E-state index < -0.39 is 22.2 Å². The van der Waals surface area contributed by atoms with Crippen LogP contribution in [0.4, 0.5) is 17.1 Å². The quantitative estimate of drug-likeness (QED) is 0.112. The predicted molar refractivity (Wildman–Crippen MR) is 219 cm³/mol. The molecular weight excluding hydrogens is 659 g/mol. The Morgan fingerprint density at radius 3 is 2.08 bits per heavy atom. The van der Waals surface area contributed by atoms with Gasteiger partial charge < -0.3 is 10.0 Å². The van der Waals surface area contributed by atoms with E-state index in [4.69, 9.17) is 4.99 Å². The number of carbonyl (C=O) groups excluding carboxylic acids is 2. The molecule has 2 aromatic carbocycles. The molecule has 0 aromatic heterocycles. The van der Waals surface area contributed by atoms with Gasteiger partial charge in [0.2, 0.25) is 5.69 Å². The van der Waals surface area contributed by atoms with Gasteiger partial charge in [-0.05, 0) is 63.8 Å². The first-order chi connectivity index (χ1) is 25.0. The summed E-state index contributed by atoms with van der Waals surface area (Å²) < 4.78 is 2.27. The molecule has 0 radical (unpaired) electrons. The molecule has 3 aliphatic rings. The fraction of sp³-hybridized carbons (Fsp3) is 0.500. The number of Topliss-reactive ketones (excluding diaryl/α,β-unsaturated/α-hetero) is 2. The number of aliphatic imine (C=N–C) groups is 1. The lowest BCUT2D eigenvalue weighted by atomic mass is 9.74. The minimum atomic E-state index is -0.924. The van der Waals surface area contributed by atoms with Crippen molar-refractivity contribution in [1.29, 1.82) is 0 Å². The maximum absolute atomic E-state index is 13.6. The molecule has 7 heteroatoms. The summed E-state index contributed by atoms with van der Waals surface area (Å²) >= 11 is 0. The molecule has 7 nitrogen and oxygen atoms in total. The van der Waals surface area contributed by atoms with E-state index in [0.29, 0.717) is 29.5 Å². The summed E-state index contributed by atoms with van der Waals surface area (Å²) in [6.07, 6.45) is 15.9. The number of allylic oxidation sites excluding steroid dienone is 6. The molecule has 2 aromatic rings. The summed E-state index contributed by atoms with van der Waals surface area (Å²) in [7, 11) is 0. The minimum Gasteiger partial charge on any atom is -0.478 e. The minimum absolute atomic E-state index is 0.0814. The van der Waals surface area contributed by atoms with Crippen LogP contribution in [-0.2, 0) is 16.2 Å². The van der Waals surface area contributed by atoms with Crippen molar-refractivity contribution in [3.63, 3.8) is 0 Å². The normalized spacial score (nSPS) is 18.7. The zero-order chi connectivity index (χ0) is 39.0. The number of carboxylic acid groups (broad SMARTS) is 1. The van der Waals surface area contributed by atoms with Gasteiger partial charge in [0.15, 0.2) is 17.3 Å². The third kappa shape index (κ3) is 6.81. The highest BCUT2D eigenvalue weighted by Gasteiger charge is 2.51. The number of hydrogen-bond donors (Lipinski definition) is 1. The molecule has 5 rings (SSSR count). The van der Waals surface area contributed by atoms with E-state index >= 15 is 0 Å². The highest BCUT2D eigenvalue weighted by Crippen LogP contribution is 2.54. The summed E-state index contributed by atoms with van der Waals surface area (Å²) in [5.41, 5.74) is 9.08. The zero-order valence-electron chi connectivity index (χ0n) is 34.0. The van der Waals surface area contributed by atoms with Crippen LogP contribution in [0, 0.1) is 0 Å². The summed E-state index contributed by atoms with van der Waals surface area (Å²) in [5.74, 6) is -0.748. The van der Waals surface area contributed by atoms with Crippen molar-refractivity contribution in [2.45, 2.75) is 137 Å². The van der Waals surface area contributed by atoms with Gasteiger partial charge >= 0.3 is 5.97 Å². The summed E-state index contributed by atoms with van der Waals surface area (Å²) in [6, 6.07) is 5.76. The van der Waals surface area contributed by atoms with Crippen LogP contribution in [0.2, 0.25) is 0 Å². The van der Waals surface area contributed by atoms with Gasteiger partial charge in [0.25, 0.3) is 0 Å². The molecule has 3 aliphatic heterocycles. The molecule has 3 heterocycles. The maximum atomic E-state index is 13.6. The van der Waals surface area contributed by atoms with Crippen LogP contribution in [0.5, 0.6) is 0 Å². The van der Waals surface area contributed by atoms with Crippen LogP contribution in [0.1, 0.15) is 169 Å². The number of rotatable bonds is 15.